The lowest BCUT2D eigenvalue weighted by Gasteiger charge is -2.20. The van der Waals surface area contributed by atoms with Crippen LogP contribution in [0.3, 0.4) is 0 Å². The minimum absolute atomic E-state index is 0.170. The van der Waals surface area contributed by atoms with E-state index in [4.69, 9.17) is 9.47 Å². The number of pyridine rings is 1. The quantitative estimate of drug-likeness (QED) is 0.800. The zero-order valence-electron chi connectivity index (χ0n) is 10.9. The average Bonchev–Trinajstić information content (AvgIpc) is 2.71. The van der Waals surface area contributed by atoms with Crippen LogP contribution in [0, 0.1) is 0 Å². The second-order valence-electron chi connectivity index (χ2n) is 4.75. The second kappa shape index (κ2) is 5.63. The van der Waals surface area contributed by atoms with Crippen molar-refractivity contribution in [2.75, 3.05) is 33.9 Å². The molecule has 1 aliphatic rings. The van der Waals surface area contributed by atoms with Gasteiger partial charge in [0, 0.05) is 39.0 Å². The van der Waals surface area contributed by atoms with E-state index in [0.29, 0.717) is 25.4 Å². The van der Waals surface area contributed by atoms with E-state index >= 15 is 0 Å². The number of ether oxygens (including phenoxy) is 2. The predicted molar refractivity (Wildman–Crippen MR) is 66.4 cm³/mol. The molecule has 0 N–H and O–H groups in total. The maximum atomic E-state index is 14.2. The highest BCUT2D eigenvalue weighted by Gasteiger charge is 2.38. The van der Waals surface area contributed by atoms with E-state index in [1.54, 1.807) is 13.3 Å². The number of hydrogen-bond acceptors (Lipinski definition) is 4. The molecule has 5 heteroatoms. The molecule has 1 atom stereocenters. The fourth-order valence-electron chi connectivity index (χ4n) is 2.35. The van der Waals surface area contributed by atoms with Gasteiger partial charge in [-0.3, -0.25) is 4.90 Å². The lowest BCUT2D eigenvalue weighted by molar-refractivity contribution is 0.0467. The summed E-state index contributed by atoms with van der Waals surface area (Å²) in [6.45, 7) is 2.06. The van der Waals surface area contributed by atoms with Crippen LogP contribution in [0.4, 0.5) is 4.39 Å². The molecule has 1 fully saturated rings. The first kappa shape index (κ1) is 13.2. The Hall–Kier alpha value is -1.20. The summed E-state index contributed by atoms with van der Waals surface area (Å²) in [6.07, 6.45) is 2.24. The van der Waals surface area contributed by atoms with Gasteiger partial charge < -0.3 is 9.47 Å². The van der Waals surface area contributed by atoms with E-state index < -0.39 is 5.67 Å². The standard InChI is InChI=1S/C13H19FN2O2/c1-17-10-13(14)4-6-16(9-13)8-11-3-5-15-12(7-11)18-2/h3,5,7H,4,6,8-10H2,1-2H3. The normalized spacial score (nSPS) is 24.4. The molecular formula is C13H19FN2O2. The number of hydrogen-bond donors (Lipinski definition) is 0. The minimum Gasteiger partial charge on any atom is -0.481 e. The molecular weight excluding hydrogens is 235 g/mol. The molecule has 0 saturated carbocycles. The predicted octanol–water partition coefficient (Wildman–Crippen LogP) is 1.65. The Labute approximate surface area is 107 Å². The number of likely N-dealkylation sites (tertiary alicyclic amines) is 1. The third kappa shape index (κ3) is 3.17. The number of alkyl halides is 1. The molecule has 0 aromatic carbocycles. The van der Waals surface area contributed by atoms with Crippen LogP contribution in [0.2, 0.25) is 0 Å². The Morgan fingerprint density at radius 2 is 2.33 bits per heavy atom. The molecule has 0 bridgehead atoms. The number of aromatic nitrogens is 1. The third-order valence-corrected chi connectivity index (χ3v) is 3.20. The van der Waals surface area contributed by atoms with Gasteiger partial charge in [-0.1, -0.05) is 0 Å². The third-order valence-electron chi connectivity index (χ3n) is 3.20. The van der Waals surface area contributed by atoms with Crippen LogP contribution in [0.25, 0.3) is 0 Å². The molecule has 0 aliphatic carbocycles. The fraction of sp³-hybridized carbons (Fsp3) is 0.615. The van der Waals surface area contributed by atoms with Gasteiger partial charge in [0.05, 0.1) is 13.7 Å². The summed E-state index contributed by atoms with van der Waals surface area (Å²) >= 11 is 0. The van der Waals surface area contributed by atoms with Crippen molar-refractivity contribution < 1.29 is 13.9 Å². The summed E-state index contributed by atoms with van der Waals surface area (Å²) in [7, 11) is 3.13. The van der Waals surface area contributed by atoms with Gasteiger partial charge in [0.2, 0.25) is 5.88 Å². The highest BCUT2D eigenvalue weighted by Crippen LogP contribution is 2.27. The molecule has 1 saturated heterocycles. The molecule has 2 rings (SSSR count). The Morgan fingerprint density at radius 3 is 3.06 bits per heavy atom. The molecule has 0 spiro atoms. The van der Waals surface area contributed by atoms with Crippen LogP contribution < -0.4 is 4.74 Å². The first-order valence-electron chi connectivity index (χ1n) is 6.04. The van der Waals surface area contributed by atoms with Crippen molar-refractivity contribution in [2.45, 2.75) is 18.6 Å². The Balaban J connectivity index is 1.94. The summed E-state index contributed by atoms with van der Waals surface area (Å²) in [5.41, 5.74) is -0.116. The monoisotopic (exact) mass is 254 g/mol. The summed E-state index contributed by atoms with van der Waals surface area (Å²) < 4.78 is 24.2. The van der Waals surface area contributed by atoms with Crippen LogP contribution in [0.15, 0.2) is 18.3 Å². The number of nitrogens with zero attached hydrogens (tertiary/aromatic N) is 2. The lowest BCUT2D eigenvalue weighted by Crippen LogP contribution is -2.33. The second-order valence-corrected chi connectivity index (χ2v) is 4.75. The first-order valence-corrected chi connectivity index (χ1v) is 6.04. The molecule has 1 unspecified atom stereocenters. The van der Waals surface area contributed by atoms with Crippen LogP contribution in [-0.2, 0) is 11.3 Å². The van der Waals surface area contributed by atoms with E-state index in [-0.39, 0.29) is 6.61 Å². The Morgan fingerprint density at radius 1 is 1.50 bits per heavy atom. The summed E-state index contributed by atoms with van der Waals surface area (Å²) in [5, 5.41) is 0. The zero-order valence-corrected chi connectivity index (χ0v) is 10.9. The maximum absolute atomic E-state index is 14.2. The molecule has 1 aromatic heterocycles. The van der Waals surface area contributed by atoms with Crippen molar-refractivity contribution in [3.05, 3.63) is 23.9 Å². The summed E-state index contributed by atoms with van der Waals surface area (Å²) in [5.74, 6) is 0.593. The van der Waals surface area contributed by atoms with Crippen LogP contribution in [0.5, 0.6) is 5.88 Å². The van der Waals surface area contributed by atoms with Crippen LogP contribution in [-0.4, -0.2) is 49.5 Å². The van der Waals surface area contributed by atoms with E-state index in [1.807, 2.05) is 12.1 Å². The highest BCUT2D eigenvalue weighted by atomic mass is 19.1. The Kier molecular flexibility index (Phi) is 4.14. The highest BCUT2D eigenvalue weighted by molar-refractivity contribution is 5.20. The average molecular weight is 254 g/mol. The summed E-state index contributed by atoms with van der Waals surface area (Å²) in [6, 6.07) is 3.81. The van der Waals surface area contributed by atoms with Crippen molar-refractivity contribution in [1.29, 1.82) is 0 Å². The van der Waals surface area contributed by atoms with Crippen molar-refractivity contribution in [3.8, 4) is 5.88 Å². The molecule has 100 valence electrons. The van der Waals surface area contributed by atoms with Gasteiger partial charge in [0.1, 0.15) is 5.67 Å². The zero-order chi connectivity index (χ0) is 13.0. The van der Waals surface area contributed by atoms with Gasteiger partial charge in [-0.15, -0.1) is 0 Å². The molecule has 0 amide bonds. The van der Waals surface area contributed by atoms with E-state index in [0.717, 1.165) is 12.1 Å². The Bertz CT molecular complexity index is 402. The smallest absolute Gasteiger partial charge is 0.213 e. The van der Waals surface area contributed by atoms with Gasteiger partial charge in [0.25, 0.3) is 0 Å². The fourth-order valence-corrected chi connectivity index (χ4v) is 2.35. The van der Waals surface area contributed by atoms with Crippen LogP contribution in [0.1, 0.15) is 12.0 Å². The lowest BCUT2D eigenvalue weighted by atomic mass is 10.1. The van der Waals surface area contributed by atoms with Gasteiger partial charge in [-0.2, -0.15) is 0 Å². The van der Waals surface area contributed by atoms with E-state index in [9.17, 15) is 4.39 Å². The number of halogens is 1. The van der Waals surface area contributed by atoms with Crippen molar-refractivity contribution in [2.24, 2.45) is 0 Å². The number of rotatable bonds is 5. The SMILES string of the molecule is COCC1(F)CCN(Cc2ccnc(OC)c2)C1. The molecule has 1 aromatic rings. The minimum atomic E-state index is -1.20. The van der Waals surface area contributed by atoms with Crippen molar-refractivity contribution in [3.63, 3.8) is 0 Å². The molecule has 1 aliphatic heterocycles. The largest absolute Gasteiger partial charge is 0.481 e. The van der Waals surface area contributed by atoms with Gasteiger partial charge >= 0.3 is 0 Å². The first-order chi connectivity index (χ1) is 8.65. The molecule has 2 heterocycles. The van der Waals surface area contributed by atoms with Gasteiger partial charge in [0.15, 0.2) is 0 Å². The molecule has 18 heavy (non-hydrogen) atoms. The number of methoxy groups -OCH3 is 2. The van der Waals surface area contributed by atoms with E-state index in [1.165, 1.54) is 7.11 Å². The van der Waals surface area contributed by atoms with Crippen LogP contribution >= 0.6 is 0 Å². The topological polar surface area (TPSA) is 34.6 Å². The maximum Gasteiger partial charge on any atom is 0.213 e. The van der Waals surface area contributed by atoms with Crippen molar-refractivity contribution in [1.82, 2.24) is 9.88 Å². The van der Waals surface area contributed by atoms with Gasteiger partial charge in [-0.25, -0.2) is 9.37 Å². The molecule has 0 radical (unpaired) electrons. The molecule has 4 nitrogen and oxygen atoms in total. The summed E-state index contributed by atoms with van der Waals surface area (Å²) in [4.78, 5) is 6.15. The van der Waals surface area contributed by atoms with Crippen molar-refractivity contribution >= 4 is 0 Å². The van der Waals surface area contributed by atoms with Gasteiger partial charge in [-0.05, 0) is 18.1 Å². The van der Waals surface area contributed by atoms with E-state index in [2.05, 4.69) is 9.88 Å².